The predicted molar refractivity (Wildman–Crippen MR) is 126 cm³/mol. The Kier molecular flexibility index (Phi) is 5.38. The number of hydrogen-bond donors (Lipinski definition) is 2. The minimum atomic E-state index is -1.41. The van der Waals surface area contributed by atoms with Crippen molar-refractivity contribution >= 4 is 28.7 Å². The topological polar surface area (TPSA) is 114 Å². The molecular formula is C24H22ClN5O4. The van der Waals surface area contributed by atoms with Crippen molar-refractivity contribution in [3.8, 4) is 22.8 Å². The Morgan fingerprint density at radius 2 is 1.94 bits per heavy atom. The Bertz CT molecular complexity index is 1400. The van der Waals surface area contributed by atoms with Gasteiger partial charge in [-0.05, 0) is 30.7 Å². The zero-order valence-electron chi connectivity index (χ0n) is 18.6. The number of aryl methyl sites for hydroxylation is 2. The minimum absolute atomic E-state index is 0.0508. The summed E-state index contributed by atoms with van der Waals surface area (Å²) in [4.78, 5) is 25.6. The smallest absolute Gasteiger partial charge is 0.407 e. The number of ether oxygens (including phenoxy) is 1. The molecule has 9 nitrogen and oxygen atoms in total. The SMILES string of the molecule is Cc1cccc(Oc2ccc(-c3c(C4(O)CCN(C(=O)O)C4)n(C)c4ncnc(Cl)c34)cc2)n1. The highest BCUT2D eigenvalue weighted by molar-refractivity contribution is 6.35. The Labute approximate surface area is 200 Å². The second-order valence-corrected chi connectivity index (χ2v) is 8.73. The Morgan fingerprint density at radius 3 is 2.62 bits per heavy atom. The van der Waals surface area contributed by atoms with Gasteiger partial charge in [-0.2, -0.15) is 0 Å². The summed E-state index contributed by atoms with van der Waals surface area (Å²) < 4.78 is 7.64. The number of nitrogens with zero attached hydrogens (tertiary/aromatic N) is 5. The Balaban J connectivity index is 1.62. The number of pyridine rings is 1. The van der Waals surface area contributed by atoms with Crippen LogP contribution in [-0.2, 0) is 12.6 Å². The van der Waals surface area contributed by atoms with Crippen LogP contribution in [0, 0.1) is 6.92 Å². The molecule has 5 rings (SSSR count). The van der Waals surface area contributed by atoms with Crippen molar-refractivity contribution < 1.29 is 19.7 Å². The molecule has 4 aromatic rings. The van der Waals surface area contributed by atoms with Gasteiger partial charge in [0.1, 0.15) is 28.5 Å². The molecule has 3 aromatic heterocycles. The third kappa shape index (κ3) is 3.72. The summed E-state index contributed by atoms with van der Waals surface area (Å²) in [6.07, 6.45) is 0.550. The zero-order chi connectivity index (χ0) is 24.0. The first-order valence-corrected chi connectivity index (χ1v) is 11.1. The molecule has 1 fully saturated rings. The maximum absolute atomic E-state index is 11.6. The second-order valence-electron chi connectivity index (χ2n) is 8.38. The van der Waals surface area contributed by atoms with Gasteiger partial charge in [0.2, 0.25) is 5.88 Å². The average Bonchev–Trinajstić information content (AvgIpc) is 3.35. The lowest BCUT2D eigenvalue weighted by Gasteiger charge is -2.25. The second kappa shape index (κ2) is 8.27. The molecule has 0 radical (unpaired) electrons. The highest BCUT2D eigenvalue weighted by Crippen LogP contribution is 2.44. The first-order valence-electron chi connectivity index (χ1n) is 10.7. The van der Waals surface area contributed by atoms with Gasteiger partial charge >= 0.3 is 6.09 Å². The molecule has 1 amide bonds. The lowest BCUT2D eigenvalue weighted by molar-refractivity contribution is 0.0400. The molecule has 34 heavy (non-hydrogen) atoms. The summed E-state index contributed by atoms with van der Waals surface area (Å²) in [5, 5.41) is 21.9. The van der Waals surface area contributed by atoms with Gasteiger partial charge in [-0.3, -0.25) is 0 Å². The number of β-amino-alcohol motifs (C(OH)–C–C–N with tert-alkyl or cyclic N) is 1. The summed E-state index contributed by atoms with van der Waals surface area (Å²) in [6, 6.07) is 12.9. The molecule has 0 aliphatic carbocycles. The summed E-state index contributed by atoms with van der Waals surface area (Å²) >= 11 is 6.50. The Morgan fingerprint density at radius 1 is 1.18 bits per heavy atom. The lowest BCUT2D eigenvalue weighted by Crippen LogP contribution is -2.35. The van der Waals surface area contributed by atoms with Crippen LogP contribution >= 0.6 is 11.6 Å². The van der Waals surface area contributed by atoms with Crippen LogP contribution in [0.4, 0.5) is 4.79 Å². The van der Waals surface area contributed by atoms with E-state index in [0.717, 1.165) is 11.3 Å². The van der Waals surface area contributed by atoms with Crippen LogP contribution in [0.2, 0.25) is 5.15 Å². The van der Waals surface area contributed by atoms with E-state index in [1.165, 1.54) is 11.2 Å². The molecule has 174 valence electrons. The summed E-state index contributed by atoms with van der Waals surface area (Å²) in [7, 11) is 1.78. The van der Waals surface area contributed by atoms with Gasteiger partial charge in [-0.1, -0.05) is 29.8 Å². The minimum Gasteiger partial charge on any atom is -0.465 e. The van der Waals surface area contributed by atoms with Crippen molar-refractivity contribution in [1.29, 1.82) is 0 Å². The van der Waals surface area contributed by atoms with Gasteiger partial charge < -0.3 is 24.4 Å². The van der Waals surface area contributed by atoms with E-state index in [1.54, 1.807) is 17.7 Å². The number of carbonyl (C=O) groups is 1. The molecule has 2 N–H and O–H groups in total. The van der Waals surface area contributed by atoms with Crippen LogP contribution in [0.1, 0.15) is 17.8 Å². The molecule has 1 atom stereocenters. The molecule has 1 aliphatic rings. The fourth-order valence-corrected chi connectivity index (χ4v) is 4.80. The van der Waals surface area contributed by atoms with Crippen LogP contribution in [0.15, 0.2) is 48.8 Å². The maximum atomic E-state index is 11.6. The van der Waals surface area contributed by atoms with Crippen LogP contribution < -0.4 is 4.74 Å². The summed E-state index contributed by atoms with van der Waals surface area (Å²) in [6.45, 7) is 2.07. The summed E-state index contributed by atoms with van der Waals surface area (Å²) in [5.41, 5.74) is 1.97. The van der Waals surface area contributed by atoms with Crippen molar-refractivity contribution in [3.05, 3.63) is 65.3 Å². The number of amides is 1. The summed E-state index contributed by atoms with van der Waals surface area (Å²) in [5.74, 6) is 1.09. The number of aromatic nitrogens is 4. The quantitative estimate of drug-likeness (QED) is 0.418. The van der Waals surface area contributed by atoms with Crippen LogP contribution in [0.3, 0.4) is 0 Å². The van der Waals surface area contributed by atoms with E-state index in [9.17, 15) is 15.0 Å². The average molecular weight is 480 g/mol. The fraction of sp³-hybridized carbons (Fsp3) is 0.250. The van der Waals surface area contributed by atoms with Gasteiger partial charge in [-0.15, -0.1) is 0 Å². The molecule has 1 aliphatic heterocycles. The number of carboxylic acid groups (broad SMARTS) is 1. The molecular weight excluding hydrogens is 458 g/mol. The monoisotopic (exact) mass is 479 g/mol. The van der Waals surface area contributed by atoms with Crippen molar-refractivity contribution in [2.75, 3.05) is 13.1 Å². The molecule has 1 unspecified atom stereocenters. The molecule has 1 saturated heterocycles. The van der Waals surface area contributed by atoms with E-state index in [1.807, 2.05) is 43.3 Å². The van der Waals surface area contributed by atoms with Crippen LogP contribution in [0.25, 0.3) is 22.2 Å². The first kappa shape index (κ1) is 22.1. The fourth-order valence-electron chi connectivity index (χ4n) is 4.58. The van der Waals surface area contributed by atoms with E-state index >= 15 is 0 Å². The zero-order valence-corrected chi connectivity index (χ0v) is 19.3. The van der Waals surface area contributed by atoms with Crippen molar-refractivity contribution in [2.45, 2.75) is 18.9 Å². The lowest BCUT2D eigenvalue weighted by atomic mass is 9.91. The molecule has 1 aromatic carbocycles. The predicted octanol–water partition coefficient (Wildman–Crippen LogP) is 4.36. The molecule has 0 saturated carbocycles. The van der Waals surface area contributed by atoms with Crippen molar-refractivity contribution in [3.63, 3.8) is 0 Å². The Hall–Kier alpha value is -3.69. The van der Waals surface area contributed by atoms with E-state index in [0.29, 0.717) is 33.9 Å². The number of benzene rings is 1. The standard InChI is InChI=1S/C24H22ClN5O4/c1-14-4-3-5-17(28-14)34-16-8-6-15(7-9-16)18-19-21(25)26-13-27-22(19)29(2)20(18)24(33)10-11-30(12-24)23(31)32/h3-9,13,33H,10-12H2,1-2H3,(H,31,32). The third-order valence-electron chi connectivity index (χ3n) is 6.11. The number of fused-ring (bicyclic) bond motifs is 1. The van der Waals surface area contributed by atoms with Crippen LogP contribution in [-0.4, -0.2) is 53.8 Å². The van der Waals surface area contributed by atoms with E-state index < -0.39 is 11.7 Å². The highest BCUT2D eigenvalue weighted by atomic mass is 35.5. The number of halogens is 1. The van der Waals surface area contributed by atoms with Crippen molar-refractivity contribution in [2.24, 2.45) is 7.05 Å². The van der Waals surface area contributed by atoms with Gasteiger partial charge in [0.15, 0.2) is 0 Å². The van der Waals surface area contributed by atoms with Gasteiger partial charge in [0.25, 0.3) is 0 Å². The van der Waals surface area contributed by atoms with Crippen LogP contribution in [0.5, 0.6) is 11.6 Å². The molecule has 0 bridgehead atoms. The van der Waals surface area contributed by atoms with Gasteiger partial charge in [0, 0.05) is 37.3 Å². The largest absolute Gasteiger partial charge is 0.465 e. The molecule has 0 spiro atoms. The third-order valence-corrected chi connectivity index (χ3v) is 6.39. The first-order chi connectivity index (χ1) is 16.3. The number of aliphatic hydroxyl groups is 1. The van der Waals surface area contributed by atoms with E-state index in [2.05, 4.69) is 15.0 Å². The maximum Gasteiger partial charge on any atom is 0.407 e. The van der Waals surface area contributed by atoms with E-state index in [-0.39, 0.29) is 24.7 Å². The van der Waals surface area contributed by atoms with Gasteiger partial charge in [-0.25, -0.2) is 19.7 Å². The van der Waals surface area contributed by atoms with Crippen molar-refractivity contribution in [1.82, 2.24) is 24.4 Å². The van der Waals surface area contributed by atoms with Gasteiger partial charge in [0.05, 0.1) is 17.6 Å². The number of likely N-dealkylation sites (tertiary alicyclic amines) is 1. The molecule has 10 heteroatoms. The molecule has 4 heterocycles. The number of hydrogen-bond acceptors (Lipinski definition) is 6. The normalized spacial score (nSPS) is 17.9. The number of rotatable bonds is 4. The highest BCUT2D eigenvalue weighted by Gasteiger charge is 2.44. The van der Waals surface area contributed by atoms with E-state index in [4.69, 9.17) is 16.3 Å².